The Balaban J connectivity index is 1.72. The van der Waals surface area contributed by atoms with E-state index in [-0.39, 0.29) is 23.0 Å². The summed E-state index contributed by atoms with van der Waals surface area (Å²) in [6, 6.07) is 5.23. The molecule has 1 aromatic rings. The Bertz CT molecular complexity index is 676. The molecule has 1 aromatic carbocycles. The number of thioether (sulfide) groups is 1. The molecular formula is C23H33FN2O2S. The lowest BCUT2D eigenvalue weighted by Crippen LogP contribution is -2.51. The smallest absolute Gasteiger partial charge is 0.255 e. The molecular weight excluding hydrogens is 387 g/mol. The minimum absolute atomic E-state index is 0.0312. The van der Waals surface area contributed by atoms with Gasteiger partial charge in [0.25, 0.3) is 5.91 Å². The molecule has 0 spiro atoms. The second-order valence-electron chi connectivity index (χ2n) is 8.21. The first-order chi connectivity index (χ1) is 14.1. The third-order valence-electron chi connectivity index (χ3n) is 6.05. The number of carbonyl (C=O) groups is 2. The molecule has 0 aromatic heterocycles. The number of nitrogens with one attached hydrogen (secondary N) is 1. The van der Waals surface area contributed by atoms with Gasteiger partial charge in [-0.25, -0.2) is 4.39 Å². The van der Waals surface area contributed by atoms with E-state index < -0.39 is 6.04 Å². The Kier molecular flexibility index (Phi) is 8.40. The molecule has 3 rings (SSSR count). The monoisotopic (exact) mass is 420 g/mol. The van der Waals surface area contributed by atoms with E-state index in [1.165, 1.54) is 49.9 Å². The molecule has 1 saturated carbocycles. The standard InChI is InChI=1S/C23H33FN2O2S/c1-2-3-4-8-15-25-21(27)20-16-29-23(18-9-6-5-7-10-18)26(20)22(28)17-11-13-19(24)14-12-17/h11-14,18,20,23H,2-10,15-16H2,1H3,(H,25,27). The second kappa shape index (κ2) is 11.0. The molecule has 29 heavy (non-hydrogen) atoms. The fourth-order valence-electron chi connectivity index (χ4n) is 4.39. The molecule has 2 aliphatic rings. The van der Waals surface area contributed by atoms with E-state index in [1.807, 2.05) is 0 Å². The summed E-state index contributed by atoms with van der Waals surface area (Å²) in [6.45, 7) is 2.82. The number of benzene rings is 1. The average Bonchev–Trinajstić information content (AvgIpc) is 3.19. The fraction of sp³-hybridized carbons (Fsp3) is 0.652. The Hall–Kier alpha value is -1.56. The highest BCUT2D eigenvalue weighted by atomic mass is 32.2. The maximum absolute atomic E-state index is 13.4. The summed E-state index contributed by atoms with van der Waals surface area (Å²) in [6.07, 6.45) is 10.3. The van der Waals surface area contributed by atoms with Gasteiger partial charge in [-0.15, -0.1) is 11.8 Å². The Morgan fingerprint density at radius 2 is 1.83 bits per heavy atom. The summed E-state index contributed by atoms with van der Waals surface area (Å²) < 4.78 is 13.3. The van der Waals surface area contributed by atoms with Crippen molar-refractivity contribution in [2.45, 2.75) is 76.1 Å². The first kappa shape index (κ1) is 22.1. The van der Waals surface area contributed by atoms with Gasteiger partial charge in [0.1, 0.15) is 11.9 Å². The molecule has 1 saturated heterocycles. The van der Waals surface area contributed by atoms with E-state index in [0.717, 1.165) is 32.1 Å². The summed E-state index contributed by atoms with van der Waals surface area (Å²) in [5, 5.41) is 3.08. The van der Waals surface area contributed by atoms with Crippen LogP contribution in [0.15, 0.2) is 24.3 Å². The van der Waals surface area contributed by atoms with Crippen LogP contribution >= 0.6 is 11.8 Å². The summed E-state index contributed by atoms with van der Waals surface area (Å²) in [4.78, 5) is 28.1. The van der Waals surface area contributed by atoms with E-state index >= 15 is 0 Å². The third kappa shape index (κ3) is 5.74. The number of nitrogens with zero attached hydrogens (tertiary/aromatic N) is 1. The molecule has 2 unspecified atom stereocenters. The van der Waals surface area contributed by atoms with E-state index in [2.05, 4.69) is 12.2 Å². The van der Waals surface area contributed by atoms with Gasteiger partial charge >= 0.3 is 0 Å². The number of halogens is 1. The minimum atomic E-state index is -0.448. The average molecular weight is 421 g/mol. The van der Waals surface area contributed by atoms with Crippen LogP contribution in [0.5, 0.6) is 0 Å². The molecule has 1 heterocycles. The Labute approximate surface area is 178 Å². The van der Waals surface area contributed by atoms with Crippen molar-refractivity contribution in [2.24, 2.45) is 5.92 Å². The fourth-order valence-corrected chi connectivity index (χ4v) is 6.03. The van der Waals surface area contributed by atoms with Crippen LogP contribution in [-0.2, 0) is 4.79 Å². The molecule has 0 radical (unpaired) electrons. The predicted octanol–water partition coefficient (Wildman–Crippen LogP) is 4.99. The largest absolute Gasteiger partial charge is 0.354 e. The van der Waals surface area contributed by atoms with E-state index in [0.29, 0.717) is 23.8 Å². The van der Waals surface area contributed by atoms with Crippen LogP contribution in [0.1, 0.15) is 75.1 Å². The van der Waals surface area contributed by atoms with E-state index in [9.17, 15) is 14.0 Å². The molecule has 2 atom stereocenters. The van der Waals surface area contributed by atoms with Crippen LogP contribution in [0.2, 0.25) is 0 Å². The van der Waals surface area contributed by atoms with Gasteiger partial charge < -0.3 is 10.2 Å². The van der Waals surface area contributed by atoms with Crippen molar-refractivity contribution >= 4 is 23.6 Å². The van der Waals surface area contributed by atoms with Crippen LogP contribution in [0.3, 0.4) is 0 Å². The van der Waals surface area contributed by atoms with E-state index in [1.54, 1.807) is 16.7 Å². The van der Waals surface area contributed by atoms with Gasteiger partial charge in [-0.2, -0.15) is 0 Å². The number of hydrogen-bond acceptors (Lipinski definition) is 3. The number of hydrogen-bond donors (Lipinski definition) is 1. The van der Waals surface area contributed by atoms with Crippen LogP contribution in [0.25, 0.3) is 0 Å². The first-order valence-electron chi connectivity index (χ1n) is 11.1. The van der Waals surface area contributed by atoms with Gasteiger partial charge in [0.05, 0.1) is 5.37 Å². The zero-order chi connectivity index (χ0) is 20.6. The lowest BCUT2D eigenvalue weighted by molar-refractivity contribution is -0.125. The number of unbranched alkanes of at least 4 members (excludes halogenated alkanes) is 3. The van der Waals surface area contributed by atoms with Gasteiger partial charge in [0.15, 0.2) is 0 Å². The number of rotatable bonds is 8. The van der Waals surface area contributed by atoms with Crippen molar-refractivity contribution in [1.29, 1.82) is 0 Å². The van der Waals surface area contributed by atoms with Crippen LogP contribution in [0.4, 0.5) is 4.39 Å². The van der Waals surface area contributed by atoms with Crippen LogP contribution < -0.4 is 5.32 Å². The van der Waals surface area contributed by atoms with Crippen molar-refractivity contribution in [3.8, 4) is 0 Å². The molecule has 0 bridgehead atoms. The molecule has 2 amide bonds. The number of carbonyl (C=O) groups excluding carboxylic acids is 2. The second-order valence-corrected chi connectivity index (χ2v) is 9.36. The first-order valence-corrected chi connectivity index (χ1v) is 12.1. The normalized spacial score (nSPS) is 22.6. The summed E-state index contributed by atoms with van der Waals surface area (Å²) in [5.41, 5.74) is 0.454. The van der Waals surface area contributed by atoms with Crippen molar-refractivity contribution in [3.63, 3.8) is 0 Å². The van der Waals surface area contributed by atoms with E-state index in [4.69, 9.17) is 0 Å². The highest BCUT2D eigenvalue weighted by molar-refractivity contribution is 8.00. The Morgan fingerprint density at radius 3 is 2.52 bits per heavy atom. The molecule has 160 valence electrons. The molecule has 4 nitrogen and oxygen atoms in total. The zero-order valence-corrected chi connectivity index (χ0v) is 18.2. The number of amides is 2. The van der Waals surface area contributed by atoms with Crippen molar-refractivity contribution in [3.05, 3.63) is 35.6 Å². The molecule has 6 heteroatoms. The molecule has 1 aliphatic heterocycles. The lowest BCUT2D eigenvalue weighted by atomic mass is 9.88. The summed E-state index contributed by atoms with van der Waals surface area (Å²) >= 11 is 1.74. The zero-order valence-electron chi connectivity index (χ0n) is 17.4. The summed E-state index contributed by atoms with van der Waals surface area (Å²) in [5.74, 6) is 0.497. The topological polar surface area (TPSA) is 49.4 Å². The van der Waals surface area contributed by atoms with Gasteiger partial charge in [-0.05, 0) is 49.4 Å². The maximum atomic E-state index is 13.4. The predicted molar refractivity (Wildman–Crippen MR) is 116 cm³/mol. The van der Waals surface area contributed by atoms with Gasteiger partial charge in [-0.3, -0.25) is 9.59 Å². The van der Waals surface area contributed by atoms with Crippen LogP contribution in [-0.4, -0.2) is 40.4 Å². The van der Waals surface area contributed by atoms with Crippen LogP contribution in [0, 0.1) is 11.7 Å². The summed E-state index contributed by atoms with van der Waals surface area (Å²) in [7, 11) is 0. The Morgan fingerprint density at radius 1 is 1.10 bits per heavy atom. The molecule has 1 aliphatic carbocycles. The van der Waals surface area contributed by atoms with Gasteiger partial charge in [0, 0.05) is 17.9 Å². The highest BCUT2D eigenvalue weighted by Crippen LogP contribution is 2.41. The lowest BCUT2D eigenvalue weighted by Gasteiger charge is -2.35. The van der Waals surface area contributed by atoms with Gasteiger partial charge in [-0.1, -0.05) is 45.4 Å². The quantitative estimate of drug-likeness (QED) is 0.603. The van der Waals surface area contributed by atoms with Crippen molar-refractivity contribution < 1.29 is 14.0 Å². The van der Waals surface area contributed by atoms with Gasteiger partial charge in [0.2, 0.25) is 5.91 Å². The molecule has 2 fully saturated rings. The highest BCUT2D eigenvalue weighted by Gasteiger charge is 2.45. The van der Waals surface area contributed by atoms with Crippen molar-refractivity contribution in [1.82, 2.24) is 10.2 Å². The van der Waals surface area contributed by atoms with Crippen molar-refractivity contribution in [2.75, 3.05) is 12.3 Å². The maximum Gasteiger partial charge on any atom is 0.255 e. The minimum Gasteiger partial charge on any atom is -0.354 e. The SMILES string of the molecule is CCCCCCNC(=O)C1CSC(C2CCCCC2)N1C(=O)c1ccc(F)cc1. The third-order valence-corrected chi connectivity index (χ3v) is 7.51. The molecule has 1 N–H and O–H groups in total.